The second kappa shape index (κ2) is 11.0. The van der Waals surface area contributed by atoms with Gasteiger partial charge >= 0.3 is 12.1 Å². The maximum atomic E-state index is 13.0. The number of carbonyl (C=O) groups is 3. The first-order chi connectivity index (χ1) is 13.9. The van der Waals surface area contributed by atoms with Gasteiger partial charge in [0.1, 0.15) is 6.54 Å². The summed E-state index contributed by atoms with van der Waals surface area (Å²) in [6.07, 6.45) is 3.29. The molecule has 2 N–H and O–H groups in total. The van der Waals surface area contributed by atoms with E-state index in [1.165, 1.54) is 0 Å². The maximum Gasteiger partial charge on any atom is 0.413 e. The smallest absolute Gasteiger partial charge is 0.413 e. The van der Waals surface area contributed by atoms with Crippen LogP contribution in [0.1, 0.15) is 33.1 Å². The predicted molar refractivity (Wildman–Crippen MR) is 115 cm³/mol. The summed E-state index contributed by atoms with van der Waals surface area (Å²) < 4.78 is 9.93. The van der Waals surface area contributed by atoms with E-state index >= 15 is 0 Å². The Bertz CT molecular complexity index is 625. The third-order valence-electron chi connectivity index (χ3n) is 5.09. The van der Waals surface area contributed by atoms with E-state index in [9.17, 15) is 14.4 Å². The summed E-state index contributed by atoms with van der Waals surface area (Å²) in [6.45, 7) is 5.03. The highest BCUT2D eigenvalue weighted by atomic mass is 32.2. The van der Waals surface area contributed by atoms with Gasteiger partial charge in [-0.05, 0) is 44.5 Å². The Kier molecular flexibility index (Phi) is 8.97. The normalized spacial score (nSPS) is 20.7. The topological polar surface area (TPSA) is 100 Å². The van der Waals surface area contributed by atoms with Crippen LogP contribution < -0.4 is 10.6 Å². The fourth-order valence-corrected chi connectivity index (χ4v) is 4.42. The minimum atomic E-state index is -0.608. The van der Waals surface area contributed by atoms with Gasteiger partial charge in [-0.15, -0.1) is 0 Å². The van der Waals surface area contributed by atoms with Crippen molar-refractivity contribution in [3.05, 3.63) is 0 Å². The Balaban J connectivity index is 2.06. The molecule has 2 rings (SSSR count). The van der Waals surface area contributed by atoms with Crippen LogP contribution in [0.4, 0.5) is 4.79 Å². The zero-order valence-corrected chi connectivity index (χ0v) is 18.8. The number of carbonyl (C=O) groups excluding carboxylic acids is 3. The zero-order valence-electron chi connectivity index (χ0n) is 17.2. The molecule has 0 bridgehead atoms. The van der Waals surface area contributed by atoms with E-state index in [0.717, 1.165) is 5.75 Å². The van der Waals surface area contributed by atoms with E-state index in [0.29, 0.717) is 37.5 Å². The Morgan fingerprint density at radius 3 is 2.52 bits per heavy atom. The molecule has 2 heterocycles. The lowest BCUT2D eigenvalue weighted by molar-refractivity contribution is -0.151. The second-order valence-corrected chi connectivity index (χ2v) is 8.25. The molecule has 0 aromatic heterocycles. The number of thiocarbonyl (C=S) groups is 1. The number of thioether (sulfide) groups is 1. The molecule has 2 amide bonds. The fraction of sp³-hybridized carbons (Fsp3) is 0.778. The van der Waals surface area contributed by atoms with Gasteiger partial charge in [0.15, 0.2) is 5.11 Å². The van der Waals surface area contributed by atoms with Crippen molar-refractivity contribution in [2.24, 2.45) is 0 Å². The highest BCUT2D eigenvalue weighted by molar-refractivity contribution is 7.98. The van der Waals surface area contributed by atoms with E-state index < -0.39 is 17.7 Å². The van der Waals surface area contributed by atoms with Gasteiger partial charge in [0.05, 0.1) is 24.9 Å². The molecule has 2 aliphatic heterocycles. The van der Waals surface area contributed by atoms with E-state index in [1.54, 1.807) is 30.5 Å². The van der Waals surface area contributed by atoms with Crippen molar-refractivity contribution in [2.45, 2.75) is 44.8 Å². The highest BCUT2D eigenvalue weighted by Crippen LogP contribution is 2.33. The average Bonchev–Trinajstić information content (AvgIpc) is 2.92. The molecule has 0 aliphatic carbocycles. The number of amides is 2. The second-order valence-electron chi connectivity index (χ2n) is 6.88. The van der Waals surface area contributed by atoms with Gasteiger partial charge in [-0.25, -0.2) is 4.79 Å². The summed E-state index contributed by atoms with van der Waals surface area (Å²) in [5, 5.41) is 6.34. The number of nitrogens with one attached hydrogen (secondary N) is 2. The maximum absolute atomic E-state index is 13.0. The van der Waals surface area contributed by atoms with E-state index in [4.69, 9.17) is 21.7 Å². The third-order valence-corrected chi connectivity index (χ3v) is 6.09. The highest BCUT2D eigenvalue weighted by Gasteiger charge is 2.52. The van der Waals surface area contributed by atoms with Crippen LogP contribution in [-0.4, -0.2) is 89.4 Å². The summed E-state index contributed by atoms with van der Waals surface area (Å²) >= 11 is 6.98. The van der Waals surface area contributed by atoms with Gasteiger partial charge < -0.3 is 19.3 Å². The quantitative estimate of drug-likeness (QED) is 0.437. The predicted octanol–water partition coefficient (Wildman–Crippen LogP) is 0.926. The summed E-state index contributed by atoms with van der Waals surface area (Å²) in [4.78, 5) is 40.2. The summed E-state index contributed by atoms with van der Waals surface area (Å²) in [5.74, 6) is 0.383. The minimum Gasteiger partial charge on any atom is -0.465 e. The van der Waals surface area contributed by atoms with Crippen molar-refractivity contribution >= 4 is 47.1 Å². The molecule has 2 fully saturated rings. The van der Waals surface area contributed by atoms with Crippen molar-refractivity contribution in [3.8, 4) is 0 Å². The number of likely N-dealkylation sites (tertiary alicyclic amines) is 1. The number of alkyl carbamates (subject to hydrolysis) is 1. The molecule has 1 atom stereocenters. The van der Waals surface area contributed by atoms with Gasteiger partial charge in [0.25, 0.3) is 0 Å². The van der Waals surface area contributed by atoms with Gasteiger partial charge in [-0.2, -0.15) is 11.8 Å². The molecule has 9 nitrogen and oxygen atoms in total. The Morgan fingerprint density at radius 2 is 1.93 bits per heavy atom. The van der Waals surface area contributed by atoms with Crippen molar-refractivity contribution in [1.82, 2.24) is 20.4 Å². The molecule has 2 aliphatic rings. The van der Waals surface area contributed by atoms with Gasteiger partial charge in [-0.1, -0.05) is 0 Å². The van der Waals surface area contributed by atoms with Crippen molar-refractivity contribution in [3.63, 3.8) is 0 Å². The lowest BCUT2D eigenvalue weighted by Gasteiger charge is -2.44. The van der Waals surface area contributed by atoms with Crippen LogP contribution in [0.15, 0.2) is 0 Å². The van der Waals surface area contributed by atoms with Crippen LogP contribution in [0.5, 0.6) is 0 Å². The molecule has 0 aromatic rings. The lowest BCUT2D eigenvalue weighted by atomic mass is 9.96. The van der Waals surface area contributed by atoms with Crippen LogP contribution in [-0.2, 0) is 19.1 Å². The number of hydrogen-bond acceptors (Lipinski definition) is 8. The standard InChI is InChI=1S/C18H30N4O5S2/c1-4-26-14(23)12-22-15(24)13(6-11-29-3)20-18(22)7-9-21(10-8-18)16(28)19-17(25)27-5-2/h13,20H,4-12H2,1-3H3,(H,19,25,28). The first-order valence-electron chi connectivity index (χ1n) is 9.83. The van der Waals surface area contributed by atoms with Crippen molar-refractivity contribution in [1.29, 1.82) is 0 Å². The number of hydrogen-bond donors (Lipinski definition) is 2. The van der Waals surface area contributed by atoms with Crippen molar-refractivity contribution < 1.29 is 23.9 Å². The van der Waals surface area contributed by atoms with Crippen LogP contribution in [0.2, 0.25) is 0 Å². The van der Waals surface area contributed by atoms with Crippen LogP contribution in [0, 0.1) is 0 Å². The Labute approximate surface area is 181 Å². The van der Waals surface area contributed by atoms with Gasteiger partial charge in [0.2, 0.25) is 5.91 Å². The minimum absolute atomic E-state index is 0.0622. The van der Waals surface area contributed by atoms with Gasteiger partial charge in [-0.3, -0.25) is 20.2 Å². The number of ether oxygens (including phenoxy) is 2. The number of rotatable bonds is 7. The van der Waals surface area contributed by atoms with E-state index in [-0.39, 0.29) is 31.7 Å². The number of esters is 1. The third kappa shape index (κ3) is 5.95. The van der Waals surface area contributed by atoms with Crippen LogP contribution in [0.25, 0.3) is 0 Å². The lowest BCUT2D eigenvalue weighted by Crippen LogP contribution is -2.61. The van der Waals surface area contributed by atoms with Crippen LogP contribution >= 0.6 is 24.0 Å². The molecule has 1 spiro atoms. The summed E-state index contributed by atoms with van der Waals surface area (Å²) in [5.41, 5.74) is -0.608. The SMILES string of the molecule is CCOC(=O)CN1C(=O)C(CCSC)NC12CCN(C(=S)NC(=O)OCC)CC2. The van der Waals surface area contributed by atoms with Gasteiger partial charge in [0, 0.05) is 25.9 Å². The van der Waals surface area contributed by atoms with Crippen molar-refractivity contribution in [2.75, 3.05) is 44.9 Å². The average molecular weight is 447 g/mol. The van der Waals surface area contributed by atoms with E-state index in [2.05, 4.69) is 10.6 Å². The summed E-state index contributed by atoms with van der Waals surface area (Å²) in [7, 11) is 0. The van der Waals surface area contributed by atoms with E-state index in [1.807, 2.05) is 11.2 Å². The molecule has 2 saturated heterocycles. The largest absolute Gasteiger partial charge is 0.465 e. The Hall–Kier alpha value is -1.59. The molecule has 164 valence electrons. The molecule has 0 radical (unpaired) electrons. The Morgan fingerprint density at radius 1 is 1.28 bits per heavy atom. The zero-order chi connectivity index (χ0) is 21.4. The molecule has 11 heteroatoms. The first kappa shape index (κ1) is 23.7. The summed E-state index contributed by atoms with van der Waals surface area (Å²) in [6, 6.07) is -0.312. The molecular formula is C18H30N4O5S2. The molecule has 29 heavy (non-hydrogen) atoms. The number of piperidine rings is 1. The molecule has 1 unspecified atom stereocenters. The molecular weight excluding hydrogens is 416 g/mol. The first-order valence-corrected chi connectivity index (χ1v) is 11.6. The molecule has 0 aromatic carbocycles. The number of nitrogens with zero attached hydrogens (tertiary/aromatic N) is 2. The van der Waals surface area contributed by atoms with Crippen LogP contribution in [0.3, 0.4) is 0 Å². The molecule has 0 saturated carbocycles. The fourth-order valence-electron chi connectivity index (χ4n) is 3.69. The monoisotopic (exact) mass is 446 g/mol.